The molecule has 22 heavy (non-hydrogen) atoms. The number of pyridine rings is 1. The summed E-state index contributed by atoms with van der Waals surface area (Å²) in [5.74, 6) is 0. The Morgan fingerprint density at radius 3 is 2.59 bits per heavy atom. The highest BCUT2D eigenvalue weighted by atomic mass is 19.4. The van der Waals surface area contributed by atoms with Crippen molar-refractivity contribution in [2.75, 3.05) is 11.9 Å². The van der Waals surface area contributed by atoms with E-state index in [4.69, 9.17) is 0 Å². The van der Waals surface area contributed by atoms with E-state index in [0.29, 0.717) is 0 Å². The van der Waals surface area contributed by atoms with Gasteiger partial charge in [-0.1, -0.05) is 0 Å². The van der Waals surface area contributed by atoms with Crippen molar-refractivity contribution < 1.29 is 13.2 Å². The standard InChI is InChI=1S/C14H14F3N5/c1-10-9-20(2)13(22(10)11-4-3-6-18-8-11)21-7-5-12(19-21)14(15,16)17/h3-9,13H,1-2H3. The minimum Gasteiger partial charge on any atom is -0.340 e. The number of allylic oxidation sites excluding steroid dienone is 1. The number of nitrogens with zero attached hydrogens (tertiary/aromatic N) is 5. The van der Waals surface area contributed by atoms with Crippen molar-refractivity contribution >= 4 is 5.69 Å². The molecule has 0 aromatic carbocycles. The molecule has 0 radical (unpaired) electrons. The van der Waals surface area contributed by atoms with Crippen LogP contribution in [0.15, 0.2) is 48.7 Å². The van der Waals surface area contributed by atoms with Crippen LogP contribution in [0, 0.1) is 0 Å². The Hall–Kier alpha value is -2.51. The van der Waals surface area contributed by atoms with Gasteiger partial charge in [0.15, 0.2) is 5.69 Å². The van der Waals surface area contributed by atoms with Gasteiger partial charge in [-0.3, -0.25) is 4.98 Å². The SMILES string of the molecule is CC1=CN(C)C(n2ccc(C(F)(F)F)n2)N1c1cccnc1. The number of alkyl halides is 3. The van der Waals surface area contributed by atoms with Crippen LogP contribution in [0.3, 0.4) is 0 Å². The highest BCUT2D eigenvalue weighted by Crippen LogP contribution is 2.35. The molecule has 3 heterocycles. The Morgan fingerprint density at radius 1 is 1.23 bits per heavy atom. The average molecular weight is 309 g/mol. The molecule has 0 N–H and O–H groups in total. The number of anilines is 1. The Labute approximate surface area is 125 Å². The number of rotatable bonds is 2. The summed E-state index contributed by atoms with van der Waals surface area (Å²) < 4.78 is 39.6. The summed E-state index contributed by atoms with van der Waals surface area (Å²) in [6.45, 7) is 1.89. The van der Waals surface area contributed by atoms with Crippen LogP contribution < -0.4 is 4.90 Å². The van der Waals surface area contributed by atoms with Gasteiger partial charge in [-0.15, -0.1) is 0 Å². The number of hydrogen-bond donors (Lipinski definition) is 0. The minimum absolute atomic E-state index is 0.500. The first kappa shape index (κ1) is 14.4. The maximum Gasteiger partial charge on any atom is 0.435 e. The number of aromatic nitrogens is 3. The summed E-state index contributed by atoms with van der Waals surface area (Å²) in [7, 11) is 1.79. The van der Waals surface area contributed by atoms with Crippen LogP contribution in [-0.2, 0) is 6.18 Å². The summed E-state index contributed by atoms with van der Waals surface area (Å²) in [5, 5.41) is 3.68. The molecule has 1 aliphatic rings. The summed E-state index contributed by atoms with van der Waals surface area (Å²) in [5.41, 5.74) is 0.774. The van der Waals surface area contributed by atoms with E-state index >= 15 is 0 Å². The van der Waals surface area contributed by atoms with Crippen molar-refractivity contribution in [1.29, 1.82) is 0 Å². The lowest BCUT2D eigenvalue weighted by atomic mass is 10.3. The summed E-state index contributed by atoms with van der Waals surface area (Å²) in [4.78, 5) is 7.74. The lowest BCUT2D eigenvalue weighted by molar-refractivity contribution is -0.141. The summed E-state index contributed by atoms with van der Waals surface area (Å²) in [6.07, 6.45) is 1.54. The van der Waals surface area contributed by atoms with Gasteiger partial charge < -0.3 is 9.80 Å². The number of hydrogen-bond acceptors (Lipinski definition) is 4. The first-order valence-electron chi connectivity index (χ1n) is 6.60. The molecule has 1 aliphatic heterocycles. The van der Waals surface area contributed by atoms with E-state index in [-0.39, 0.29) is 0 Å². The first-order valence-corrected chi connectivity index (χ1v) is 6.60. The van der Waals surface area contributed by atoms with Crippen LogP contribution in [0.2, 0.25) is 0 Å². The van der Waals surface area contributed by atoms with Crippen molar-refractivity contribution in [2.45, 2.75) is 19.4 Å². The molecule has 2 aromatic rings. The van der Waals surface area contributed by atoms with E-state index in [1.54, 1.807) is 30.4 Å². The number of halogens is 3. The largest absolute Gasteiger partial charge is 0.435 e. The quantitative estimate of drug-likeness (QED) is 0.854. The molecular formula is C14H14F3N5. The molecule has 1 unspecified atom stereocenters. The molecule has 1 atom stereocenters. The minimum atomic E-state index is -4.45. The van der Waals surface area contributed by atoms with E-state index in [1.807, 2.05) is 24.1 Å². The maximum absolute atomic E-state index is 12.8. The van der Waals surface area contributed by atoms with Crippen LogP contribution >= 0.6 is 0 Å². The van der Waals surface area contributed by atoms with E-state index in [2.05, 4.69) is 10.1 Å². The fraction of sp³-hybridized carbons (Fsp3) is 0.286. The van der Waals surface area contributed by atoms with Crippen molar-refractivity contribution in [2.24, 2.45) is 0 Å². The monoisotopic (exact) mass is 309 g/mol. The third-order valence-corrected chi connectivity index (χ3v) is 3.43. The lowest BCUT2D eigenvalue weighted by Gasteiger charge is -2.31. The van der Waals surface area contributed by atoms with Gasteiger partial charge in [-0.25, -0.2) is 4.68 Å². The second-order valence-corrected chi connectivity index (χ2v) is 5.04. The molecule has 0 aliphatic carbocycles. The van der Waals surface area contributed by atoms with Crippen LogP contribution in [0.25, 0.3) is 0 Å². The predicted octanol–water partition coefficient (Wildman–Crippen LogP) is 3.07. The van der Waals surface area contributed by atoms with Gasteiger partial charge in [-0.05, 0) is 25.1 Å². The van der Waals surface area contributed by atoms with Crippen molar-refractivity contribution in [3.63, 3.8) is 0 Å². The molecule has 0 bridgehead atoms. The second kappa shape index (κ2) is 5.04. The topological polar surface area (TPSA) is 37.2 Å². The molecule has 0 saturated carbocycles. The first-order chi connectivity index (χ1) is 10.4. The van der Waals surface area contributed by atoms with Crippen molar-refractivity contribution in [1.82, 2.24) is 19.7 Å². The van der Waals surface area contributed by atoms with Crippen LogP contribution in [-0.4, -0.2) is 26.7 Å². The second-order valence-electron chi connectivity index (χ2n) is 5.04. The Balaban J connectivity index is 1.99. The van der Waals surface area contributed by atoms with Crippen LogP contribution in [0.5, 0.6) is 0 Å². The summed E-state index contributed by atoms with van der Waals surface area (Å²) >= 11 is 0. The Morgan fingerprint density at radius 2 is 2.00 bits per heavy atom. The van der Waals surface area contributed by atoms with E-state index in [0.717, 1.165) is 17.5 Å². The molecule has 5 nitrogen and oxygen atoms in total. The zero-order valence-electron chi connectivity index (χ0n) is 12.0. The lowest BCUT2D eigenvalue weighted by Crippen LogP contribution is -2.35. The molecule has 2 aromatic heterocycles. The zero-order chi connectivity index (χ0) is 15.9. The van der Waals surface area contributed by atoms with Gasteiger partial charge in [-0.2, -0.15) is 18.3 Å². The van der Waals surface area contributed by atoms with Gasteiger partial charge in [0, 0.05) is 31.3 Å². The normalized spacial score (nSPS) is 18.8. The van der Waals surface area contributed by atoms with Gasteiger partial charge >= 0.3 is 6.18 Å². The highest BCUT2D eigenvalue weighted by Gasteiger charge is 2.36. The Bertz CT molecular complexity index is 692. The van der Waals surface area contributed by atoms with E-state index < -0.39 is 18.2 Å². The fourth-order valence-corrected chi connectivity index (χ4v) is 2.54. The van der Waals surface area contributed by atoms with Gasteiger partial charge in [0.2, 0.25) is 6.29 Å². The molecule has 0 spiro atoms. The van der Waals surface area contributed by atoms with Gasteiger partial charge in [0.25, 0.3) is 0 Å². The predicted molar refractivity (Wildman–Crippen MR) is 74.5 cm³/mol. The van der Waals surface area contributed by atoms with E-state index in [9.17, 15) is 13.2 Å². The average Bonchev–Trinajstić information content (AvgIpc) is 3.03. The fourth-order valence-electron chi connectivity index (χ4n) is 2.54. The highest BCUT2D eigenvalue weighted by molar-refractivity contribution is 5.52. The van der Waals surface area contributed by atoms with Crippen LogP contribution in [0.4, 0.5) is 18.9 Å². The maximum atomic E-state index is 12.8. The Kier molecular flexibility index (Phi) is 3.31. The smallest absolute Gasteiger partial charge is 0.340 e. The van der Waals surface area contributed by atoms with Gasteiger partial charge in [0.05, 0.1) is 11.9 Å². The zero-order valence-corrected chi connectivity index (χ0v) is 12.0. The molecular weight excluding hydrogens is 295 g/mol. The van der Waals surface area contributed by atoms with Crippen molar-refractivity contribution in [3.05, 3.63) is 54.4 Å². The molecule has 0 amide bonds. The molecule has 116 valence electrons. The molecule has 8 heteroatoms. The van der Waals surface area contributed by atoms with Crippen LogP contribution in [0.1, 0.15) is 18.9 Å². The molecule has 0 fully saturated rings. The van der Waals surface area contributed by atoms with Crippen molar-refractivity contribution in [3.8, 4) is 0 Å². The van der Waals surface area contributed by atoms with Gasteiger partial charge in [0.1, 0.15) is 0 Å². The van der Waals surface area contributed by atoms with E-state index in [1.165, 1.54) is 10.9 Å². The molecule has 0 saturated heterocycles. The third kappa shape index (κ3) is 2.40. The molecule has 3 rings (SSSR count). The third-order valence-electron chi connectivity index (χ3n) is 3.43. The summed E-state index contributed by atoms with van der Waals surface area (Å²) in [6, 6.07) is 4.61.